The van der Waals surface area contributed by atoms with Gasteiger partial charge in [0.05, 0.1) is 0 Å². The van der Waals surface area contributed by atoms with E-state index in [0.29, 0.717) is 5.69 Å². The summed E-state index contributed by atoms with van der Waals surface area (Å²) in [6, 6.07) is 17.0. The van der Waals surface area contributed by atoms with E-state index in [-0.39, 0.29) is 12.2 Å². The molecule has 174 valence electrons. The summed E-state index contributed by atoms with van der Waals surface area (Å²) >= 11 is 2.27. The number of aromatic nitrogens is 1. The maximum Gasteiger partial charge on any atom is 0.329 e. The van der Waals surface area contributed by atoms with Crippen molar-refractivity contribution in [1.82, 2.24) is 14.8 Å². The minimum absolute atomic E-state index is 0.148. The van der Waals surface area contributed by atoms with Crippen LogP contribution in [-0.4, -0.2) is 33.9 Å². The molecule has 0 unspecified atom stereocenters. The highest BCUT2D eigenvalue weighted by Crippen LogP contribution is 2.25. The Balaban J connectivity index is 1.53. The van der Waals surface area contributed by atoms with Crippen molar-refractivity contribution in [2.45, 2.75) is 27.2 Å². The third kappa shape index (κ3) is 4.77. The van der Waals surface area contributed by atoms with Gasteiger partial charge in [-0.3, -0.25) is 9.59 Å². The zero-order chi connectivity index (χ0) is 24.4. The maximum atomic E-state index is 12.9. The van der Waals surface area contributed by atoms with Gasteiger partial charge in [-0.05, 0) is 90.4 Å². The molecule has 0 bridgehead atoms. The highest BCUT2D eigenvalue weighted by Gasteiger charge is 2.35. The van der Waals surface area contributed by atoms with Crippen molar-refractivity contribution < 1.29 is 14.4 Å². The first-order valence-electron chi connectivity index (χ1n) is 11.0. The van der Waals surface area contributed by atoms with Gasteiger partial charge in [0.25, 0.3) is 5.91 Å². The highest BCUT2D eigenvalue weighted by atomic mass is 127. The molecule has 8 heteroatoms. The molecular formula is C26H25IN4O3. The summed E-state index contributed by atoms with van der Waals surface area (Å²) in [5.74, 6) is -0.953. The standard InChI is InChI=1S/C26H25IN4O3/c1-4-18-8-5-6-11-22(18)28-24(32)15-30-25(33)23(29-26(30)34)13-19-12-16(2)31(17(19)3)21-10-7-9-20(27)14-21/h5-14H,4,15H2,1-3H3,(H,28,32)(H,29,34)/b23-13+. The first-order chi connectivity index (χ1) is 16.3. The molecule has 0 atom stereocenters. The fourth-order valence-electron chi connectivity index (χ4n) is 4.10. The van der Waals surface area contributed by atoms with E-state index in [2.05, 4.69) is 43.9 Å². The van der Waals surface area contributed by atoms with Gasteiger partial charge in [-0.1, -0.05) is 31.2 Å². The topological polar surface area (TPSA) is 83.4 Å². The zero-order valence-corrected chi connectivity index (χ0v) is 21.3. The van der Waals surface area contributed by atoms with Gasteiger partial charge in [0.1, 0.15) is 12.2 Å². The molecule has 1 aliphatic rings. The predicted octanol–water partition coefficient (Wildman–Crippen LogP) is 4.79. The second-order valence-corrected chi connectivity index (χ2v) is 9.33. The first kappa shape index (κ1) is 23.7. The van der Waals surface area contributed by atoms with Crippen molar-refractivity contribution in [2.24, 2.45) is 0 Å². The van der Waals surface area contributed by atoms with Crippen LogP contribution in [0.3, 0.4) is 0 Å². The average molecular weight is 568 g/mol. The van der Waals surface area contributed by atoms with E-state index in [1.54, 1.807) is 12.1 Å². The normalized spacial score (nSPS) is 14.6. The fourth-order valence-corrected chi connectivity index (χ4v) is 4.63. The van der Waals surface area contributed by atoms with Crippen LogP contribution in [0.4, 0.5) is 10.5 Å². The van der Waals surface area contributed by atoms with Gasteiger partial charge in [0.15, 0.2) is 0 Å². The lowest BCUT2D eigenvalue weighted by Crippen LogP contribution is -2.38. The van der Waals surface area contributed by atoms with E-state index < -0.39 is 17.8 Å². The molecule has 1 aliphatic heterocycles. The molecule has 34 heavy (non-hydrogen) atoms. The number of amides is 4. The molecule has 1 fully saturated rings. The van der Waals surface area contributed by atoms with E-state index in [1.807, 2.05) is 63.2 Å². The van der Waals surface area contributed by atoms with Gasteiger partial charge in [0.2, 0.25) is 5.91 Å². The van der Waals surface area contributed by atoms with Crippen molar-refractivity contribution in [3.05, 3.63) is 86.4 Å². The summed E-state index contributed by atoms with van der Waals surface area (Å²) in [6.45, 7) is 5.60. The maximum absolute atomic E-state index is 12.9. The summed E-state index contributed by atoms with van der Waals surface area (Å²) in [5, 5.41) is 5.41. The number of carbonyl (C=O) groups is 3. The number of nitrogens with one attached hydrogen (secondary N) is 2. The molecule has 2 aromatic carbocycles. The highest BCUT2D eigenvalue weighted by molar-refractivity contribution is 14.1. The second-order valence-electron chi connectivity index (χ2n) is 8.08. The van der Waals surface area contributed by atoms with Gasteiger partial charge < -0.3 is 15.2 Å². The van der Waals surface area contributed by atoms with E-state index in [4.69, 9.17) is 0 Å². The number of urea groups is 1. The number of hydrogen-bond donors (Lipinski definition) is 2. The SMILES string of the molecule is CCc1ccccc1NC(=O)CN1C(=O)N/C(=C/c2cc(C)n(-c3cccc(I)c3)c2C)C1=O. The van der Waals surface area contributed by atoms with Gasteiger partial charge >= 0.3 is 6.03 Å². The molecule has 1 saturated heterocycles. The van der Waals surface area contributed by atoms with Crippen molar-refractivity contribution >= 4 is 52.2 Å². The molecule has 4 rings (SSSR count). The van der Waals surface area contributed by atoms with Crippen LogP contribution < -0.4 is 10.6 Å². The Morgan fingerprint density at radius 1 is 1.09 bits per heavy atom. The Hall–Kier alpha value is -3.40. The number of hydrogen-bond acceptors (Lipinski definition) is 3. The van der Waals surface area contributed by atoms with Crippen LogP contribution in [0.5, 0.6) is 0 Å². The molecule has 7 nitrogen and oxygen atoms in total. The molecule has 0 aliphatic carbocycles. The Morgan fingerprint density at radius 2 is 1.85 bits per heavy atom. The minimum Gasteiger partial charge on any atom is -0.324 e. The molecule has 0 spiro atoms. The van der Waals surface area contributed by atoms with Crippen LogP contribution in [0, 0.1) is 17.4 Å². The smallest absolute Gasteiger partial charge is 0.324 e. The van der Waals surface area contributed by atoms with Gasteiger partial charge in [0, 0.05) is 26.3 Å². The van der Waals surface area contributed by atoms with Crippen LogP contribution in [0.1, 0.15) is 29.4 Å². The average Bonchev–Trinajstić information content (AvgIpc) is 3.23. The second kappa shape index (κ2) is 9.84. The molecular weight excluding hydrogens is 543 g/mol. The van der Waals surface area contributed by atoms with Crippen LogP contribution >= 0.6 is 22.6 Å². The fraction of sp³-hybridized carbons (Fsp3) is 0.192. The number of halogens is 1. The van der Waals surface area contributed by atoms with E-state index >= 15 is 0 Å². The number of imide groups is 1. The summed E-state index contributed by atoms with van der Waals surface area (Å²) in [5.41, 5.74) is 5.62. The van der Waals surface area contributed by atoms with Crippen LogP contribution in [-0.2, 0) is 16.0 Å². The summed E-state index contributed by atoms with van der Waals surface area (Å²) in [7, 11) is 0. The predicted molar refractivity (Wildman–Crippen MR) is 141 cm³/mol. The van der Waals surface area contributed by atoms with Gasteiger partial charge in [-0.15, -0.1) is 0 Å². The summed E-state index contributed by atoms with van der Waals surface area (Å²) < 4.78 is 3.22. The van der Waals surface area contributed by atoms with Gasteiger partial charge in [-0.25, -0.2) is 9.69 Å². The van der Waals surface area contributed by atoms with Crippen molar-refractivity contribution in [3.63, 3.8) is 0 Å². The lowest BCUT2D eigenvalue weighted by atomic mass is 10.1. The molecule has 2 N–H and O–H groups in total. The quantitative estimate of drug-likeness (QED) is 0.255. The van der Waals surface area contributed by atoms with E-state index in [0.717, 1.165) is 43.1 Å². The lowest BCUT2D eigenvalue weighted by molar-refractivity contribution is -0.127. The number of carbonyl (C=O) groups excluding carboxylic acids is 3. The van der Waals surface area contributed by atoms with Crippen molar-refractivity contribution in [3.8, 4) is 5.69 Å². The first-order valence-corrected chi connectivity index (χ1v) is 12.0. The molecule has 0 saturated carbocycles. The largest absolute Gasteiger partial charge is 0.329 e. The number of rotatable bonds is 6. The third-order valence-corrected chi connectivity index (χ3v) is 6.44. The number of anilines is 1. The van der Waals surface area contributed by atoms with E-state index in [9.17, 15) is 14.4 Å². The summed E-state index contributed by atoms with van der Waals surface area (Å²) in [4.78, 5) is 38.9. The Labute approximate surface area is 212 Å². The number of aryl methyl sites for hydroxylation is 2. The van der Waals surface area contributed by atoms with Crippen LogP contribution in [0.25, 0.3) is 11.8 Å². The molecule has 3 aromatic rings. The molecule has 0 radical (unpaired) electrons. The van der Waals surface area contributed by atoms with E-state index in [1.165, 1.54) is 0 Å². The monoisotopic (exact) mass is 568 g/mol. The number of benzene rings is 2. The molecule has 1 aromatic heterocycles. The minimum atomic E-state index is -0.610. The van der Waals surface area contributed by atoms with Crippen LogP contribution in [0.2, 0.25) is 0 Å². The Morgan fingerprint density at radius 3 is 2.59 bits per heavy atom. The Bertz CT molecular complexity index is 1330. The number of para-hydroxylation sites is 1. The van der Waals surface area contributed by atoms with Crippen LogP contribution in [0.15, 0.2) is 60.3 Å². The van der Waals surface area contributed by atoms with Crippen molar-refractivity contribution in [1.29, 1.82) is 0 Å². The van der Waals surface area contributed by atoms with Gasteiger partial charge in [-0.2, -0.15) is 0 Å². The Kier molecular flexibility index (Phi) is 6.87. The third-order valence-electron chi connectivity index (χ3n) is 5.77. The molecule has 4 amide bonds. The number of nitrogens with zero attached hydrogens (tertiary/aromatic N) is 2. The summed E-state index contributed by atoms with van der Waals surface area (Å²) in [6.07, 6.45) is 2.42. The van der Waals surface area contributed by atoms with Crippen molar-refractivity contribution in [2.75, 3.05) is 11.9 Å². The molecule has 2 heterocycles. The zero-order valence-electron chi connectivity index (χ0n) is 19.2. The lowest BCUT2D eigenvalue weighted by Gasteiger charge is -2.13.